The molecule has 0 amide bonds. The van der Waals surface area contributed by atoms with E-state index in [1.807, 2.05) is 13.8 Å². The van der Waals surface area contributed by atoms with Crippen molar-refractivity contribution in [3.05, 3.63) is 23.8 Å². The normalized spacial score (nSPS) is 12.8. The fraction of sp³-hybridized carbons (Fsp3) is 0.562. The van der Waals surface area contributed by atoms with E-state index in [4.69, 9.17) is 14.6 Å². The number of aromatic carboxylic acids is 1. The summed E-state index contributed by atoms with van der Waals surface area (Å²) in [6.07, 6.45) is 0.522. The number of anilines is 1. The first kappa shape index (κ1) is 21.4. The van der Waals surface area contributed by atoms with Gasteiger partial charge in [-0.15, -0.1) is 0 Å². The van der Waals surface area contributed by atoms with E-state index in [1.54, 1.807) is 7.11 Å². The Morgan fingerprint density at radius 2 is 2.08 bits per heavy atom. The minimum Gasteiger partial charge on any atom is -0.478 e. The average molecular weight is 374 g/mol. The van der Waals surface area contributed by atoms with E-state index in [0.717, 1.165) is 6.07 Å². The van der Waals surface area contributed by atoms with E-state index in [2.05, 4.69) is 10.0 Å². The van der Waals surface area contributed by atoms with Crippen LogP contribution in [-0.4, -0.2) is 59.0 Å². The number of rotatable bonds is 12. The number of hydrogen-bond acceptors (Lipinski definition) is 6. The Morgan fingerprint density at radius 3 is 2.68 bits per heavy atom. The van der Waals surface area contributed by atoms with Gasteiger partial charge in [-0.2, -0.15) is 0 Å². The highest BCUT2D eigenvalue weighted by molar-refractivity contribution is 7.89. The highest BCUT2D eigenvalue weighted by Gasteiger charge is 2.21. The van der Waals surface area contributed by atoms with Gasteiger partial charge in [-0.05, 0) is 38.5 Å². The number of carboxylic acids is 1. The van der Waals surface area contributed by atoms with E-state index in [-0.39, 0.29) is 23.0 Å². The van der Waals surface area contributed by atoms with E-state index < -0.39 is 16.0 Å². The predicted molar refractivity (Wildman–Crippen MR) is 94.7 cm³/mol. The molecule has 0 unspecified atom stereocenters. The van der Waals surface area contributed by atoms with Gasteiger partial charge in [-0.1, -0.05) is 0 Å². The summed E-state index contributed by atoms with van der Waals surface area (Å²) in [5, 5.41) is 12.2. The number of nitrogens with one attached hydrogen (secondary N) is 2. The average Bonchev–Trinajstić information content (AvgIpc) is 2.54. The molecule has 1 aromatic rings. The Kier molecular flexibility index (Phi) is 8.84. The minimum atomic E-state index is -3.87. The second-order valence-electron chi connectivity index (χ2n) is 5.47. The van der Waals surface area contributed by atoms with Crippen molar-refractivity contribution in [2.24, 2.45) is 0 Å². The van der Waals surface area contributed by atoms with Crippen LogP contribution in [0.5, 0.6) is 0 Å². The Bertz CT molecular complexity index is 663. The van der Waals surface area contributed by atoms with Crippen LogP contribution in [0.2, 0.25) is 0 Å². The first-order chi connectivity index (χ1) is 11.8. The van der Waals surface area contributed by atoms with Crippen LogP contribution in [0.15, 0.2) is 23.1 Å². The van der Waals surface area contributed by atoms with Crippen LogP contribution >= 0.6 is 0 Å². The van der Waals surface area contributed by atoms with Crippen LogP contribution < -0.4 is 10.0 Å². The van der Waals surface area contributed by atoms with Gasteiger partial charge >= 0.3 is 5.97 Å². The number of ether oxygens (including phenoxy) is 2. The second kappa shape index (κ2) is 10.3. The molecule has 0 heterocycles. The van der Waals surface area contributed by atoms with E-state index >= 15 is 0 Å². The fourth-order valence-corrected chi connectivity index (χ4v) is 3.42. The van der Waals surface area contributed by atoms with Crippen LogP contribution in [0.3, 0.4) is 0 Å². The Labute approximate surface area is 148 Å². The standard InChI is InChI=1S/C16H26N2O6S/c1-4-24-9-5-8-17-25(21,22)15-10-13(16(19)20)6-7-14(15)18-12(2)11-23-3/h6-7,10,12,17-18H,4-5,8-9,11H2,1-3H3,(H,19,20)/t12-/m0/s1. The van der Waals surface area contributed by atoms with Gasteiger partial charge in [0.1, 0.15) is 4.90 Å². The van der Waals surface area contributed by atoms with Crippen molar-refractivity contribution in [1.29, 1.82) is 0 Å². The monoisotopic (exact) mass is 374 g/mol. The van der Waals surface area contributed by atoms with Crippen molar-refractivity contribution in [2.75, 3.05) is 38.8 Å². The first-order valence-electron chi connectivity index (χ1n) is 8.02. The first-order valence-corrected chi connectivity index (χ1v) is 9.50. The van der Waals surface area contributed by atoms with Gasteiger partial charge in [0.15, 0.2) is 0 Å². The third kappa shape index (κ3) is 6.99. The lowest BCUT2D eigenvalue weighted by Gasteiger charge is -2.18. The van der Waals surface area contributed by atoms with E-state index in [1.165, 1.54) is 12.1 Å². The van der Waals surface area contributed by atoms with E-state index in [9.17, 15) is 13.2 Å². The maximum atomic E-state index is 12.6. The van der Waals surface area contributed by atoms with Gasteiger partial charge < -0.3 is 19.9 Å². The highest BCUT2D eigenvalue weighted by Crippen LogP contribution is 2.24. The van der Waals surface area contributed by atoms with Crippen molar-refractivity contribution in [3.8, 4) is 0 Å². The molecule has 1 aromatic carbocycles. The zero-order valence-corrected chi connectivity index (χ0v) is 15.6. The molecule has 0 aliphatic carbocycles. The van der Waals surface area contributed by atoms with Crippen molar-refractivity contribution >= 4 is 21.7 Å². The number of benzene rings is 1. The molecule has 142 valence electrons. The molecule has 8 nitrogen and oxygen atoms in total. The van der Waals surface area contributed by atoms with Gasteiger partial charge in [0.2, 0.25) is 10.0 Å². The second-order valence-corrected chi connectivity index (χ2v) is 7.20. The zero-order chi connectivity index (χ0) is 18.9. The van der Waals surface area contributed by atoms with Crippen molar-refractivity contribution in [1.82, 2.24) is 4.72 Å². The molecule has 1 atom stereocenters. The van der Waals surface area contributed by atoms with E-state index in [0.29, 0.717) is 31.9 Å². The van der Waals surface area contributed by atoms with Gasteiger partial charge in [0.05, 0.1) is 17.9 Å². The van der Waals surface area contributed by atoms with Gasteiger partial charge in [0, 0.05) is 32.9 Å². The molecule has 9 heteroatoms. The summed E-state index contributed by atoms with van der Waals surface area (Å²) in [5.41, 5.74) is 0.228. The molecular weight excluding hydrogens is 348 g/mol. The van der Waals surface area contributed by atoms with Crippen molar-refractivity contribution in [2.45, 2.75) is 31.2 Å². The maximum absolute atomic E-state index is 12.6. The lowest BCUT2D eigenvalue weighted by Crippen LogP contribution is -2.28. The Hall–Kier alpha value is -1.68. The number of carbonyl (C=O) groups is 1. The van der Waals surface area contributed by atoms with Crippen molar-refractivity contribution in [3.63, 3.8) is 0 Å². The predicted octanol–water partition coefficient (Wildman–Crippen LogP) is 1.54. The molecule has 1 rings (SSSR count). The molecule has 0 saturated carbocycles. The SMILES string of the molecule is CCOCCCNS(=O)(=O)c1cc(C(=O)O)ccc1N[C@@H](C)COC. The number of sulfonamides is 1. The lowest BCUT2D eigenvalue weighted by atomic mass is 10.2. The summed E-state index contributed by atoms with van der Waals surface area (Å²) >= 11 is 0. The minimum absolute atomic E-state index is 0.0976. The summed E-state index contributed by atoms with van der Waals surface area (Å²) in [6.45, 7) is 5.29. The molecule has 0 aliphatic heterocycles. The number of hydrogen-bond donors (Lipinski definition) is 3. The largest absolute Gasteiger partial charge is 0.478 e. The summed E-state index contributed by atoms with van der Waals surface area (Å²) in [4.78, 5) is 11.1. The third-order valence-electron chi connectivity index (χ3n) is 3.30. The topological polar surface area (TPSA) is 114 Å². The molecule has 0 aromatic heterocycles. The molecule has 0 bridgehead atoms. The molecule has 0 fully saturated rings. The molecule has 25 heavy (non-hydrogen) atoms. The van der Waals surface area contributed by atoms with Gasteiger partial charge in [-0.3, -0.25) is 0 Å². The summed E-state index contributed by atoms with van der Waals surface area (Å²) in [6, 6.07) is 3.81. The molecule has 0 radical (unpaired) electrons. The van der Waals surface area contributed by atoms with Gasteiger partial charge in [-0.25, -0.2) is 17.9 Å². The van der Waals surface area contributed by atoms with Crippen LogP contribution in [0, 0.1) is 0 Å². The third-order valence-corrected chi connectivity index (χ3v) is 4.80. The number of carboxylic acid groups (broad SMARTS) is 1. The number of methoxy groups -OCH3 is 1. The zero-order valence-electron chi connectivity index (χ0n) is 14.7. The highest BCUT2D eigenvalue weighted by atomic mass is 32.2. The van der Waals surface area contributed by atoms with Crippen LogP contribution in [0.1, 0.15) is 30.6 Å². The summed E-state index contributed by atoms with van der Waals surface area (Å²) in [7, 11) is -2.32. The molecular formula is C16H26N2O6S. The van der Waals surface area contributed by atoms with Crippen molar-refractivity contribution < 1.29 is 27.8 Å². The maximum Gasteiger partial charge on any atom is 0.335 e. The molecule has 3 N–H and O–H groups in total. The fourth-order valence-electron chi connectivity index (χ4n) is 2.16. The van der Waals surface area contributed by atoms with Crippen LogP contribution in [0.25, 0.3) is 0 Å². The Balaban J connectivity index is 3.02. The molecule has 0 spiro atoms. The van der Waals surface area contributed by atoms with Gasteiger partial charge in [0.25, 0.3) is 0 Å². The quantitative estimate of drug-likeness (QED) is 0.475. The van der Waals surface area contributed by atoms with Crippen LogP contribution in [-0.2, 0) is 19.5 Å². The molecule has 0 aliphatic rings. The lowest BCUT2D eigenvalue weighted by molar-refractivity contribution is 0.0696. The molecule has 0 saturated heterocycles. The Morgan fingerprint density at radius 1 is 1.36 bits per heavy atom. The smallest absolute Gasteiger partial charge is 0.335 e. The summed E-state index contributed by atoms with van der Waals surface area (Å²) in [5.74, 6) is -1.19. The summed E-state index contributed by atoms with van der Waals surface area (Å²) < 4.78 is 37.8. The van der Waals surface area contributed by atoms with Crippen LogP contribution in [0.4, 0.5) is 5.69 Å².